The highest BCUT2D eigenvalue weighted by Crippen LogP contribution is 2.25. The zero-order valence-corrected chi connectivity index (χ0v) is 29.8. The number of hydrogen-bond acceptors (Lipinski definition) is 5. The van der Waals surface area contributed by atoms with E-state index in [1.165, 1.54) is 18.1 Å². The van der Waals surface area contributed by atoms with E-state index in [1.807, 2.05) is 65.6 Å². The van der Waals surface area contributed by atoms with Gasteiger partial charge in [0.1, 0.15) is 18.2 Å². The van der Waals surface area contributed by atoms with E-state index in [9.17, 15) is 9.18 Å². The normalized spacial score (nSPS) is 12.8. The van der Waals surface area contributed by atoms with Gasteiger partial charge in [0.15, 0.2) is 5.78 Å². The number of benzene rings is 2. The van der Waals surface area contributed by atoms with Gasteiger partial charge < -0.3 is 14.7 Å². The highest BCUT2D eigenvalue weighted by Gasteiger charge is 2.22. The van der Waals surface area contributed by atoms with Crippen molar-refractivity contribution in [2.45, 2.75) is 106 Å². The third-order valence-electron chi connectivity index (χ3n) is 6.82. The molecule has 0 amide bonds. The molecule has 0 bridgehead atoms. The maximum Gasteiger partial charge on any atom is 0.224 e. The molecule has 3 rings (SSSR count). The van der Waals surface area contributed by atoms with Crippen molar-refractivity contribution in [3.05, 3.63) is 108 Å². The van der Waals surface area contributed by atoms with Gasteiger partial charge in [-0.1, -0.05) is 117 Å². The Morgan fingerprint density at radius 3 is 2.11 bits per heavy atom. The molecule has 0 saturated carbocycles. The van der Waals surface area contributed by atoms with Crippen LogP contribution in [0.15, 0.2) is 95.9 Å². The van der Waals surface area contributed by atoms with Crippen LogP contribution in [0.1, 0.15) is 111 Å². The van der Waals surface area contributed by atoms with Crippen molar-refractivity contribution < 1.29 is 19.0 Å². The van der Waals surface area contributed by atoms with Gasteiger partial charge >= 0.3 is 0 Å². The second-order valence-electron chi connectivity index (χ2n) is 10.1. The number of hydrogen-bond donors (Lipinski definition) is 1. The fourth-order valence-corrected chi connectivity index (χ4v) is 4.06. The molecule has 2 aromatic rings. The van der Waals surface area contributed by atoms with Crippen molar-refractivity contribution in [2.75, 3.05) is 20.2 Å². The summed E-state index contributed by atoms with van der Waals surface area (Å²) in [6, 6.07) is 16.7. The second kappa shape index (κ2) is 26.9. The number of aliphatic hydroxyl groups is 1. The molecule has 0 spiro atoms. The molecule has 252 valence electrons. The monoisotopic (exact) mass is 624 g/mol. The molecule has 2 unspecified atom stereocenters. The molecule has 1 aliphatic rings. The van der Waals surface area contributed by atoms with Crippen LogP contribution in [-0.2, 0) is 9.53 Å². The van der Waals surface area contributed by atoms with Gasteiger partial charge in [0, 0.05) is 25.2 Å². The third kappa shape index (κ3) is 16.9. The Balaban J connectivity index is 0. The fourth-order valence-electron chi connectivity index (χ4n) is 4.06. The topological polar surface area (TPSA) is 62.1 Å². The summed E-state index contributed by atoms with van der Waals surface area (Å²) in [5.41, 5.74) is 3.65. The number of nitrogens with zero attached hydrogens (tertiary/aromatic N) is 2. The minimum Gasteiger partial charge on any atom is -0.443 e. The predicted octanol–water partition coefficient (Wildman–Crippen LogP) is 10.3. The van der Waals surface area contributed by atoms with Crippen molar-refractivity contribution in [1.82, 2.24) is 4.90 Å². The first kappa shape index (κ1) is 43.6. The van der Waals surface area contributed by atoms with E-state index in [0.29, 0.717) is 36.8 Å². The molecule has 0 aromatic heterocycles. The first-order valence-electron chi connectivity index (χ1n) is 16.5. The van der Waals surface area contributed by atoms with Gasteiger partial charge in [0.2, 0.25) is 5.90 Å². The van der Waals surface area contributed by atoms with E-state index in [4.69, 9.17) is 9.84 Å². The van der Waals surface area contributed by atoms with Gasteiger partial charge in [0.25, 0.3) is 0 Å². The molecule has 0 saturated heterocycles. The van der Waals surface area contributed by atoms with Crippen molar-refractivity contribution in [1.29, 1.82) is 0 Å². The van der Waals surface area contributed by atoms with Crippen LogP contribution in [0.3, 0.4) is 0 Å². The summed E-state index contributed by atoms with van der Waals surface area (Å²) in [4.78, 5) is 18.2. The third-order valence-corrected chi connectivity index (χ3v) is 6.82. The Morgan fingerprint density at radius 2 is 1.62 bits per heavy atom. The lowest BCUT2D eigenvalue weighted by Crippen LogP contribution is -2.33. The Labute approximate surface area is 274 Å². The quantitative estimate of drug-likeness (QED) is 0.239. The van der Waals surface area contributed by atoms with Gasteiger partial charge in [-0.3, -0.25) is 4.79 Å². The molecule has 1 aliphatic heterocycles. The maximum atomic E-state index is 14.0. The number of aliphatic hydroxyl groups excluding tert-OH is 1. The fraction of sp³-hybridized carbons (Fsp3) is 0.487. The van der Waals surface area contributed by atoms with E-state index < -0.39 is 6.61 Å². The number of halogens is 1. The summed E-state index contributed by atoms with van der Waals surface area (Å²) in [5, 5.41) is 9.11. The summed E-state index contributed by atoms with van der Waals surface area (Å²) in [7, 11) is 1.92. The molecule has 6 heteroatoms. The van der Waals surface area contributed by atoms with E-state index in [-0.39, 0.29) is 24.1 Å². The van der Waals surface area contributed by atoms with Gasteiger partial charge in [0.05, 0.1) is 12.1 Å². The Bertz CT molecular complexity index is 1160. The zero-order chi connectivity index (χ0) is 34.8. The van der Waals surface area contributed by atoms with Crippen LogP contribution in [0.5, 0.6) is 0 Å². The molecule has 1 heterocycles. The van der Waals surface area contributed by atoms with Crippen LogP contribution in [0.2, 0.25) is 0 Å². The number of aliphatic imine (C=N–C) groups is 1. The summed E-state index contributed by atoms with van der Waals surface area (Å²) in [5.74, 6) is 0.937. The van der Waals surface area contributed by atoms with Crippen molar-refractivity contribution in [3.63, 3.8) is 0 Å². The molecule has 0 fully saturated rings. The van der Waals surface area contributed by atoms with Crippen LogP contribution in [0.25, 0.3) is 0 Å². The zero-order valence-electron chi connectivity index (χ0n) is 29.8. The Morgan fingerprint density at radius 1 is 1.07 bits per heavy atom. The SMILES string of the molecule is C=C(CC)N(C)C(CCC1=C(C)OC(c2ccccc2F)=NC1)CC(=O)CO.C=CC(C)c1ccccc1.CC.CC.CCC. The first-order valence-corrected chi connectivity index (χ1v) is 16.5. The van der Waals surface area contributed by atoms with E-state index >= 15 is 0 Å². The number of ether oxygens (including phenoxy) is 1. The molecule has 2 aromatic carbocycles. The summed E-state index contributed by atoms with van der Waals surface area (Å²) < 4.78 is 19.7. The van der Waals surface area contributed by atoms with Crippen molar-refractivity contribution >= 4 is 11.7 Å². The van der Waals surface area contributed by atoms with Gasteiger partial charge in [-0.25, -0.2) is 9.38 Å². The van der Waals surface area contributed by atoms with E-state index in [0.717, 1.165) is 23.5 Å². The number of ketones is 1. The number of carbonyl (C=O) groups is 1. The molecular weight excluding hydrogens is 563 g/mol. The summed E-state index contributed by atoms with van der Waals surface area (Å²) in [6.07, 6.45) is 5.67. The molecule has 5 nitrogen and oxygen atoms in total. The van der Waals surface area contributed by atoms with Crippen LogP contribution < -0.4 is 0 Å². The highest BCUT2D eigenvalue weighted by molar-refractivity contribution is 5.95. The minimum atomic E-state index is -0.454. The van der Waals surface area contributed by atoms with E-state index in [1.54, 1.807) is 18.2 Å². The van der Waals surface area contributed by atoms with Gasteiger partial charge in [-0.2, -0.15) is 0 Å². The van der Waals surface area contributed by atoms with Crippen molar-refractivity contribution in [2.24, 2.45) is 4.99 Å². The van der Waals surface area contributed by atoms with E-state index in [2.05, 4.69) is 63.2 Å². The molecule has 2 atom stereocenters. The maximum absolute atomic E-state index is 14.0. The molecule has 0 radical (unpaired) electrons. The Kier molecular flexibility index (Phi) is 26.0. The molecular formula is C39H61FN2O3. The molecule has 45 heavy (non-hydrogen) atoms. The second-order valence-corrected chi connectivity index (χ2v) is 10.1. The minimum absolute atomic E-state index is 0.0515. The highest BCUT2D eigenvalue weighted by atomic mass is 19.1. The standard InChI is InChI=1S/C22H29FN2O3.C10H12.C3H8.2C2H6/c1-5-15(2)25(4)18(12-19(27)14-26)11-10-17-13-24-22(28-16(17)3)20-8-6-7-9-21(20)23;1-3-9(2)10-7-5-4-6-8-10;1-3-2;2*1-2/h6-9,18,26H,2,5,10-14H2,1,3-4H3;3-9H,1H2,2H3;3H2,1-2H3;2*1-2H3. The summed E-state index contributed by atoms with van der Waals surface area (Å²) in [6.45, 7) is 26.0. The number of allylic oxidation sites excluding steroid dienone is 3. The lowest BCUT2D eigenvalue weighted by atomic mass is 9.98. The summed E-state index contributed by atoms with van der Waals surface area (Å²) >= 11 is 0. The van der Waals surface area contributed by atoms with Crippen LogP contribution in [0.4, 0.5) is 4.39 Å². The number of carbonyl (C=O) groups excluding carboxylic acids is 1. The van der Waals surface area contributed by atoms with Crippen molar-refractivity contribution in [3.8, 4) is 0 Å². The number of rotatable bonds is 12. The van der Waals surface area contributed by atoms with Crippen LogP contribution in [-0.4, -0.2) is 47.9 Å². The molecule has 0 aliphatic carbocycles. The smallest absolute Gasteiger partial charge is 0.224 e. The average molecular weight is 625 g/mol. The lowest BCUT2D eigenvalue weighted by Gasteiger charge is -2.31. The predicted molar refractivity (Wildman–Crippen MR) is 192 cm³/mol. The first-order chi connectivity index (χ1) is 21.6. The Hall–Kier alpha value is -3.51. The van der Waals surface area contributed by atoms with Gasteiger partial charge in [-0.05, 0) is 55.4 Å². The number of Topliss-reactive ketones (excluding diaryl/α,β-unsaturated/α-hetero) is 1. The van der Waals surface area contributed by atoms with Crippen LogP contribution in [0, 0.1) is 5.82 Å². The lowest BCUT2D eigenvalue weighted by molar-refractivity contribution is -0.122. The van der Waals surface area contributed by atoms with Crippen LogP contribution >= 0.6 is 0 Å². The molecule has 1 N–H and O–H groups in total. The largest absolute Gasteiger partial charge is 0.443 e. The van der Waals surface area contributed by atoms with Gasteiger partial charge in [-0.15, -0.1) is 6.58 Å². The average Bonchev–Trinajstić information content (AvgIpc) is 3.08.